The van der Waals surface area contributed by atoms with Crippen molar-refractivity contribution in [3.63, 3.8) is 0 Å². The van der Waals surface area contributed by atoms with Crippen molar-refractivity contribution < 1.29 is 23.3 Å². The molecule has 0 radical (unpaired) electrons. The first-order chi connectivity index (χ1) is 14.7. The molecule has 0 aromatic carbocycles. The number of hydrogen-bond donors (Lipinski definition) is 2. The Morgan fingerprint density at radius 2 is 0.774 bits per heavy atom. The first-order valence-electron chi connectivity index (χ1n) is 13.2. The SMILES string of the molecule is CCCCCCCCC([NH3+])(CCCCCCCC)CCCCCCCC.O=S(=O)([O-])O. The number of hydrogen-bond acceptors (Lipinski definition) is 3. The highest BCUT2D eigenvalue weighted by atomic mass is 32.3. The summed E-state index contributed by atoms with van der Waals surface area (Å²) in [5.74, 6) is 0. The van der Waals surface area contributed by atoms with Gasteiger partial charge in [0.15, 0.2) is 0 Å². The van der Waals surface area contributed by atoms with Gasteiger partial charge >= 0.3 is 0 Å². The van der Waals surface area contributed by atoms with Gasteiger partial charge in [-0.05, 0) is 19.3 Å². The van der Waals surface area contributed by atoms with Gasteiger partial charge in [-0.15, -0.1) is 0 Å². The molecule has 5 nitrogen and oxygen atoms in total. The van der Waals surface area contributed by atoms with Crippen LogP contribution < -0.4 is 5.73 Å². The van der Waals surface area contributed by atoms with E-state index in [9.17, 15) is 0 Å². The van der Waals surface area contributed by atoms with Crippen LogP contribution >= 0.6 is 0 Å². The first kappa shape index (κ1) is 33.0. The minimum absolute atomic E-state index is 0.389. The number of unbranched alkanes of at least 4 members (excludes halogenated alkanes) is 15. The average molecular weight is 466 g/mol. The maximum absolute atomic E-state index is 8.63. The molecule has 0 aliphatic heterocycles. The topological polar surface area (TPSA) is 105 Å². The van der Waals surface area contributed by atoms with Crippen LogP contribution in [0.3, 0.4) is 0 Å². The van der Waals surface area contributed by atoms with E-state index in [1.54, 1.807) is 0 Å². The van der Waals surface area contributed by atoms with Crippen molar-refractivity contribution in [3.05, 3.63) is 0 Å². The smallest absolute Gasteiger partial charge is 0.215 e. The molecular weight excluding hydrogens is 410 g/mol. The molecule has 0 bridgehead atoms. The normalized spacial score (nSPS) is 11.9. The minimum Gasteiger partial charge on any atom is -0.726 e. The van der Waals surface area contributed by atoms with Gasteiger partial charge in [0.2, 0.25) is 10.4 Å². The monoisotopic (exact) mass is 465 g/mol. The lowest BCUT2D eigenvalue weighted by Crippen LogP contribution is -2.72. The van der Waals surface area contributed by atoms with Crippen molar-refractivity contribution in [2.45, 2.75) is 161 Å². The van der Waals surface area contributed by atoms with Gasteiger partial charge in [-0.2, -0.15) is 0 Å². The van der Waals surface area contributed by atoms with Gasteiger partial charge in [0, 0.05) is 19.3 Å². The van der Waals surface area contributed by atoms with Crippen molar-refractivity contribution in [1.82, 2.24) is 0 Å². The first-order valence-corrected chi connectivity index (χ1v) is 14.6. The fourth-order valence-electron chi connectivity index (χ4n) is 4.22. The summed E-state index contributed by atoms with van der Waals surface area (Å²) in [5.41, 5.74) is 5.16. The van der Waals surface area contributed by atoms with Gasteiger partial charge in [-0.1, -0.05) is 117 Å². The van der Waals surface area contributed by atoms with E-state index >= 15 is 0 Å². The largest absolute Gasteiger partial charge is 0.726 e. The van der Waals surface area contributed by atoms with Gasteiger partial charge in [-0.25, -0.2) is 8.42 Å². The number of quaternary nitrogens is 1. The Labute approximate surface area is 194 Å². The Balaban J connectivity index is 0. The lowest BCUT2D eigenvalue weighted by atomic mass is 9.82. The van der Waals surface area contributed by atoms with Gasteiger partial charge < -0.3 is 10.3 Å². The Morgan fingerprint density at radius 3 is 1.00 bits per heavy atom. The zero-order valence-electron chi connectivity index (χ0n) is 21.1. The van der Waals surface area contributed by atoms with Crippen LogP contribution in [0, 0.1) is 0 Å². The summed E-state index contributed by atoms with van der Waals surface area (Å²) in [4.78, 5) is 0. The van der Waals surface area contributed by atoms with E-state index < -0.39 is 10.4 Å². The second-order valence-electron chi connectivity index (χ2n) is 9.48. The van der Waals surface area contributed by atoms with Gasteiger partial charge in [0.25, 0.3) is 0 Å². The van der Waals surface area contributed by atoms with Crippen molar-refractivity contribution in [2.75, 3.05) is 0 Å². The predicted molar refractivity (Wildman–Crippen MR) is 132 cm³/mol. The highest BCUT2D eigenvalue weighted by Gasteiger charge is 2.27. The molecule has 0 rings (SSSR count). The van der Waals surface area contributed by atoms with Crippen LogP contribution in [0.15, 0.2) is 0 Å². The molecule has 4 N–H and O–H groups in total. The summed E-state index contributed by atoms with van der Waals surface area (Å²) < 4.78 is 32.8. The van der Waals surface area contributed by atoms with Crippen molar-refractivity contribution >= 4 is 10.4 Å². The van der Waals surface area contributed by atoms with E-state index in [0.29, 0.717) is 5.54 Å². The Morgan fingerprint density at radius 1 is 0.581 bits per heavy atom. The van der Waals surface area contributed by atoms with Crippen LogP contribution in [0.4, 0.5) is 0 Å². The summed E-state index contributed by atoms with van der Waals surface area (Å²) >= 11 is 0. The molecule has 0 spiro atoms. The van der Waals surface area contributed by atoms with Gasteiger partial charge in [0.05, 0.1) is 5.54 Å². The van der Waals surface area contributed by atoms with Crippen LogP contribution in [0.5, 0.6) is 0 Å². The third-order valence-corrected chi connectivity index (χ3v) is 6.18. The minimum atomic E-state index is -4.92. The highest BCUT2D eigenvalue weighted by molar-refractivity contribution is 7.79. The van der Waals surface area contributed by atoms with E-state index in [-0.39, 0.29) is 0 Å². The summed E-state index contributed by atoms with van der Waals surface area (Å²) in [5, 5.41) is 0. The average Bonchev–Trinajstić information content (AvgIpc) is 2.69. The third-order valence-electron chi connectivity index (χ3n) is 6.18. The highest BCUT2D eigenvalue weighted by Crippen LogP contribution is 2.25. The lowest BCUT2D eigenvalue weighted by Gasteiger charge is -2.26. The maximum Gasteiger partial charge on any atom is 0.215 e. The Hall–Kier alpha value is -0.170. The second kappa shape index (κ2) is 23.0. The zero-order valence-corrected chi connectivity index (χ0v) is 22.0. The summed E-state index contributed by atoms with van der Waals surface area (Å²) in [6.45, 7) is 6.92. The zero-order chi connectivity index (χ0) is 23.8. The Bertz CT molecular complexity index is 406. The van der Waals surface area contributed by atoms with Crippen LogP contribution in [0.2, 0.25) is 0 Å². The van der Waals surface area contributed by atoms with E-state index in [2.05, 4.69) is 20.8 Å². The molecule has 0 aromatic heterocycles. The molecule has 0 aliphatic carbocycles. The molecule has 0 fully saturated rings. The summed E-state index contributed by atoms with van der Waals surface area (Å²) in [7, 11) is -4.92. The lowest BCUT2D eigenvalue weighted by molar-refractivity contribution is -0.484. The van der Waals surface area contributed by atoms with E-state index in [1.807, 2.05) is 0 Å². The molecule has 190 valence electrons. The van der Waals surface area contributed by atoms with Crippen LogP contribution in [0.25, 0.3) is 0 Å². The fraction of sp³-hybridized carbons (Fsp3) is 1.00. The van der Waals surface area contributed by atoms with Crippen LogP contribution in [0.1, 0.15) is 156 Å². The quantitative estimate of drug-likeness (QED) is 0.106. The summed E-state index contributed by atoms with van der Waals surface area (Å²) in [6, 6.07) is 0. The third kappa shape index (κ3) is 32.1. The molecule has 0 saturated heterocycles. The van der Waals surface area contributed by atoms with E-state index in [4.69, 9.17) is 23.3 Å². The Kier molecular flexibility index (Phi) is 24.5. The van der Waals surface area contributed by atoms with E-state index in [1.165, 1.54) is 135 Å². The molecular formula is C25H55NO4S. The molecule has 6 heteroatoms. The van der Waals surface area contributed by atoms with Crippen molar-refractivity contribution in [3.8, 4) is 0 Å². The maximum atomic E-state index is 8.63. The van der Waals surface area contributed by atoms with Crippen LogP contribution in [-0.4, -0.2) is 23.1 Å². The molecule has 0 aliphatic rings. The fourth-order valence-corrected chi connectivity index (χ4v) is 4.22. The van der Waals surface area contributed by atoms with Gasteiger partial charge in [-0.3, -0.25) is 4.55 Å². The molecule has 31 heavy (non-hydrogen) atoms. The molecule has 0 atom stereocenters. The van der Waals surface area contributed by atoms with Crippen LogP contribution in [-0.2, 0) is 10.4 Å². The van der Waals surface area contributed by atoms with Crippen molar-refractivity contribution in [1.29, 1.82) is 0 Å². The van der Waals surface area contributed by atoms with Crippen molar-refractivity contribution in [2.24, 2.45) is 0 Å². The molecule has 0 amide bonds. The summed E-state index contributed by atoms with van der Waals surface area (Å²) in [6.07, 6.45) is 29.7. The molecule has 0 unspecified atom stereocenters. The van der Waals surface area contributed by atoms with Gasteiger partial charge in [0.1, 0.15) is 0 Å². The molecule has 0 saturated carbocycles. The number of rotatable bonds is 21. The van der Waals surface area contributed by atoms with E-state index in [0.717, 1.165) is 0 Å². The molecule has 0 heterocycles. The standard InChI is InChI=1S/C25H53N.H2O4S/c1-4-7-10-13-16-19-22-25(26,23-20-17-14-11-8-5-2)24-21-18-15-12-9-6-3;1-5(2,3)4/h4-24,26H2,1-3H3;(H2,1,2,3,4). The predicted octanol–water partition coefficient (Wildman–Crippen LogP) is 7.22. The molecule has 0 aromatic rings. The second-order valence-corrected chi connectivity index (χ2v) is 10.3.